The first-order valence-corrected chi connectivity index (χ1v) is 7.73. The highest BCUT2D eigenvalue weighted by molar-refractivity contribution is 9.09. The minimum Gasteiger partial charge on any atom is -0.324 e. The smallest absolute Gasteiger partial charge is 0.227 e. The standard InChI is InChI=1S/C15H16BrN3/c16-9-8-13-10-14(11-6-7-11)19-15(18-13)17-12-4-2-1-3-5-12/h1-5,10-11H,6-9H2,(H,17,18,19). The van der Waals surface area contributed by atoms with Gasteiger partial charge in [0.15, 0.2) is 0 Å². The largest absolute Gasteiger partial charge is 0.324 e. The fourth-order valence-corrected chi connectivity index (χ4v) is 2.44. The van der Waals surface area contributed by atoms with Gasteiger partial charge in [-0.3, -0.25) is 0 Å². The number of hydrogen-bond acceptors (Lipinski definition) is 3. The van der Waals surface area contributed by atoms with E-state index in [1.807, 2.05) is 30.3 Å². The maximum absolute atomic E-state index is 4.64. The molecule has 0 bridgehead atoms. The lowest BCUT2D eigenvalue weighted by Crippen LogP contribution is -2.03. The summed E-state index contributed by atoms with van der Waals surface area (Å²) in [6.07, 6.45) is 3.46. The first kappa shape index (κ1) is 12.6. The average molecular weight is 318 g/mol. The highest BCUT2D eigenvalue weighted by atomic mass is 79.9. The van der Waals surface area contributed by atoms with E-state index >= 15 is 0 Å². The first-order valence-electron chi connectivity index (χ1n) is 6.61. The molecule has 0 saturated heterocycles. The SMILES string of the molecule is BrCCc1cc(C2CC2)nc(Nc2ccccc2)n1. The van der Waals surface area contributed by atoms with Crippen LogP contribution in [0.1, 0.15) is 30.1 Å². The van der Waals surface area contributed by atoms with Crippen molar-refractivity contribution in [2.75, 3.05) is 10.6 Å². The van der Waals surface area contributed by atoms with Gasteiger partial charge in [0.25, 0.3) is 0 Å². The predicted octanol–water partition coefficient (Wildman–Crippen LogP) is 4.04. The monoisotopic (exact) mass is 317 g/mol. The van der Waals surface area contributed by atoms with Crippen molar-refractivity contribution >= 4 is 27.6 Å². The van der Waals surface area contributed by atoms with Crippen molar-refractivity contribution in [2.24, 2.45) is 0 Å². The van der Waals surface area contributed by atoms with Gasteiger partial charge in [-0.1, -0.05) is 34.1 Å². The number of anilines is 2. The summed E-state index contributed by atoms with van der Waals surface area (Å²) in [6, 6.07) is 12.2. The summed E-state index contributed by atoms with van der Waals surface area (Å²) in [4.78, 5) is 9.21. The Labute approximate surface area is 121 Å². The fourth-order valence-electron chi connectivity index (χ4n) is 2.04. The van der Waals surface area contributed by atoms with Gasteiger partial charge in [-0.25, -0.2) is 9.97 Å². The summed E-state index contributed by atoms with van der Waals surface area (Å²) < 4.78 is 0. The molecule has 2 aromatic rings. The van der Waals surface area contributed by atoms with Crippen LogP contribution in [-0.2, 0) is 6.42 Å². The fraction of sp³-hybridized carbons (Fsp3) is 0.333. The van der Waals surface area contributed by atoms with E-state index in [2.05, 4.69) is 37.3 Å². The molecule has 0 amide bonds. The number of nitrogens with one attached hydrogen (secondary N) is 1. The second-order valence-corrected chi connectivity index (χ2v) is 5.61. The molecule has 1 saturated carbocycles. The molecule has 1 heterocycles. The Morgan fingerprint density at radius 1 is 1.16 bits per heavy atom. The van der Waals surface area contributed by atoms with E-state index in [1.54, 1.807) is 0 Å². The van der Waals surface area contributed by atoms with Crippen LogP contribution in [0.4, 0.5) is 11.6 Å². The summed E-state index contributed by atoms with van der Waals surface area (Å²) in [5.41, 5.74) is 3.32. The van der Waals surface area contributed by atoms with Crippen LogP contribution in [0.25, 0.3) is 0 Å². The average Bonchev–Trinajstić information content (AvgIpc) is 3.24. The second-order valence-electron chi connectivity index (χ2n) is 4.81. The molecule has 1 fully saturated rings. The highest BCUT2D eigenvalue weighted by Gasteiger charge is 2.26. The molecule has 1 aliphatic carbocycles. The zero-order valence-corrected chi connectivity index (χ0v) is 12.2. The van der Waals surface area contributed by atoms with Gasteiger partial charge in [0.1, 0.15) is 0 Å². The first-order chi connectivity index (χ1) is 9.35. The minimum absolute atomic E-state index is 0.647. The van der Waals surface area contributed by atoms with Crippen LogP contribution in [0.3, 0.4) is 0 Å². The maximum atomic E-state index is 4.64. The Hall–Kier alpha value is -1.42. The molecule has 1 aliphatic rings. The van der Waals surface area contributed by atoms with Crippen LogP contribution >= 0.6 is 15.9 Å². The number of alkyl halides is 1. The van der Waals surface area contributed by atoms with Crippen molar-refractivity contribution in [3.63, 3.8) is 0 Å². The predicted molar refractivity (Wildman–Crippen MR) is 81.2 cm³/mol. The van der Waals surface area contributed by atoms with Crippen molar-refractivity contribution < 1.29 is 0 Å². The minimum atomic E-state index is 0.647. The van der Waals surface area contributed by atoms with E-state index in [0.29, 0.717) is 11.9 Å². The zero-order valence-electron chi connectivity index (χ0n) is 10.6. The molecule has 3 nitrogen and oxygen atoms in total. The van der Waals surface area contributed by atoms with Crippen molar-refractivity contribution in [1.29, 1.82) is 0 Å². The third-order valence-corrected chi connectivity index (χ3v) is 3.57. The van der Waals surface area contributed by atoms with E-state index in [4.69, 9.17) is 0 Å². The lowest BCUT2D eigenvalue weighted by atomic mass is 10.2. The van der Waals surface area contributed by atoms with Crippen molar-refractivity contribution in [2.45, 2.75) is 25.2 Å². The molecule has 0 spiro atoms. The Morgan fingerprint density at radius 3 is 2.63 bits per heavy atom. The molecular formula is C15H16BrN3. The maximum Gasteiger partial charge on any atom is 0.227 e. The normalized spacial score (nSPS) is 14.4. The number of benzene rings is 1. The van der Waals surface area contributed by atoms with Crippen LogP contribution in [0, 0.1) is 0 Å². The Bertz CT molecular complexity index is 553. The van der Waals surface area contributed by atoms with E-state index in [-0.39, 0.29) is 0 Å². The Balaban J connectivity index is 1.86. The molecule has 3 rings (SSSR count). The number of aryl methyl sites for hydroxylation is 1. The molecule has 0 atom stereocenters. The van der Waals surface area contributed by atoms with Gasteiger partial charge in [0, 0.05) is 28.3 Å². The lowest BCUT2D eigenvalue weighted by Gasteiger charge is -2.09. The van der Waals surface area contributed by atoms with Crippen LogP contribution in [0.15, 0.2) is 36.4 Å². The van der Waals surface area contributed by atoms with E-state index in [1.165, 1.54) is 18.5 Å². The summed E-state index contributed by atoms with van der Waals surface area (Å²) in [5.74, 6) is 1.36. The molecule has 1 aromatic heterocycles. The molecule has 1 N–H and O–H groups in total. The number of hydrogen-bond donors (Lipinski definition) is 1. The highest BCUT2D eigenvalue weighted by Crippen LogP contribution is 2.39. The third kappa shape index (κ3) is 3.32. The summed E-state index contributed by atoms with van der Waals surface area (Å²) in [6.45, 7) is 0. The van der Waals surface area contributed by atoms with Gasteiger partial charge in [0.2, 0.25) is 5.95 Å². The van der Waals surface area contributed by atoms with Gasteiger partial charge in [-0.15, -0.1) is 0 Å². The summed E-state index contributed by atoms with van der Waals surface area (Å²) in [5, 5.41) is 4.22. The molecule has 4 heteroatoms. The third-order valence-electron chi connectivity index (χ3n) is 3.18. The molecular weight excluding hydrogens is 302 g/mol. The van der Waals surface area contributed by atoms with Gasteiger partial charge in [-0.2, -0.15) is 0 Å². The molecule has 0 aliphatic heterocycles. The molecule has 19 heavy (non-hydrogen) atoms. The van der Waals surface area contributed by atoms with Crippen LogP contribution in [-0.4, -0.2) is 15.3 Å². The van der Waals surface area contributed by atoms with E-state index in [9.17, 15) is 0 Å². The number of halogens is 1. The summed E-state index contributed by atoms with van der Waals surface area (Å²) in [7, 11) is 0. The topological polar surface area (TPSA) is 37.8 Å². The quantitative estimate of drug-likeness (QED) is 0.846. The second kappa shape index (κ2) is 5.70. The lowest BCUT2D eigenvalue weighted by molar-refractivity contribution is 0.941. The Kier molecular flexibility index (Phi) is 3.78. The molecule has 1 aromatic carbocycles. The van der Waals surface area contributed by atoms with Gasteiger partial charge in [-0.05, 0) is 37.5 Å². The van der Waals surface area contributed by atoms with E-state index in [0.717, 1.165) is 23.1 Å². The van der Waals surface area contributed by atoms with E-state index < -0.39 is 0 Å². The van der Waals surface area contributed by atoms with Gasteiger partial charge >= 0.3 is 0 Å². The van der Waals surface area contributed by atoms with Crippen LogP contribution in [0.5, 0.6) is 0 Å². The number of rotatable bonds is 5. The van der Waals surface area contributed by atoms with Crippen molar-refractivity contribution in [1.82, 2.24) is 9.97 Å². The number of nitrogens with zero attached hydrogens (tertiary/aromatic N) is 2. The van der Waals surface area contributed by atoms with Crippen LogP contribution < -0.4 is 5.32 Å². The van der Waals surface area contributed by atoms with Gasteiger partial charge < -0.3 is 5.32 Å². The molecule has 98 valence electrons. The van der Waals surface area contributed by atoms with Crippen molar-refractivity contribution in [3.05, 3.63) is 47.8 Å². The molecule has 0 unspecified atom stereocenters. The summed E-state index contributed by atoms with van der Waals surface area (Å²) >= 11 is 3.47. The number of aromatic nitrogens is 2. The Morgan fingerprint density at radius 2 is 1.95 bits per heavy atom. The number of para-hydroxylation sites is 1. The zero-order chi connectivity index (χ0) is 13.1. The van der Waals surface area contributed by atoms with Crippen molar-refractivity contribution in [3.8, 4) is 0 Å². The van der Waals surface area contributed by atoms with Crippen LogP contribution in [0.2, 0.25) is 0 Å². The van der Waals surface area contributed by atoms with Gasteiger partial charge in [0.05, 0.1) is 0 Å². The molecule has 0 radical (unpaired) electrons.